The van der Waals surface area contributed by atoms with E-state index in [9.17, 15) is 25.3 Å². The number of fused-ring (bicyclic) bond motifs is 1. The first-order chi connectivity index (χ1) is 13.0. The van der Waals surface area contributed by atoms with Crippen LogP contribution in [0.5, 0.6) is 0 Å². The molecule has 2 N–H and O–H groups in total. The van der Waals surface area contributed by atoms with Crippen molar-refractivity contribution in [1.29, 1.82) is 5.26 Å². The lowest BCUT2D eigenvalue weighted by Gasteiger charge is -2.05. The average Bonchev–Trinajstić information content (AvgIpc) is 3.10. The minimum Gasteiger partial charge on any atom is -0.507 e. The normalized spacial score (nSPS) is 11.5. The van der Waals surface area contributed by atoms with Gasteiger partial charge >= 0.3 is 5.97 Å². The zero-order chi connectivity index (χ0) is 19.4. The molecule has 0 bridgehead atoms. The summed E-state index contributed by atoms with van der Waals surface area (Å²) in [5, 5.41) is 30.1. The Morgan fingerprint density at radius 3 is 2.59 bits per heavy atom. The van der Waals surface area contributed by atoms with E-state index in [2.05, 4.69) is 9.97 Å². The summed E-state index contributed by atoms with van der Waals surface area (Å²) in [5.74, 6) is -1.10. The molecule has 0 aliphatic carbocycles. The number of carbonyl (C=O) groups excluding carboxylic acids is 1. The molecule has 9 nitrogen and oxygen atoms in total. The van der Waals surface area contributed by atoms with E-state index >= 15 is 0 Å². The molecule has 0 fully saturated rings. The summed E-state index contributed by atoms with van der Waals surface area (Å²) in [6, 6.07) is 13.8. The van der Waals surface area contributed by atoms with Gasteiger partial charge in [0.05, 0.1) is 21.5 Å². The van der Waals surface area contributed by atoms with Crippen LogP contribution in [-0.4, -0.2) is 32.6 Å². The summed E-state index contributed by atoms with van der Waals surface area (Å²) in [6.07, 6.45) is 0. The third-order valence-corrected chi connectivity index (χ3v) is 3.68. The van der Waals surface area contributed by atoms with Crippen LogP contribution in [0.1, 0.15) is 16.2 Å². The standard InChI is InChI=1S/C18H12N4O5/c19-9-13(17-20-14-3-1-2-4-15(14)21-17)16(23)10-27-18(24)11-5-7-12(8-6-11)22(25)26/h1-8,23H,10H2,(H,20,21). The van der Waals surface area contributed by atoms with Crippen LogP contribution in [0.3, 0.4) is 0 Å². The SMILES string of the molecule is N#CC(=C(O)COC(=O)c1ccc([N+](=O)[O-])cc1)c1nc2ccccc2[nH]1. The number of nitrogens with zero attached hydrogens (tertiary/aromatic N) is 3. The van der Waals surface area contributed by atoms with Gasteiger partial charge in [0.1, 0.15) is 18.2 Å². The van der Waals surface area contributed by atoms with Gasteiger partial charge in [0.15, 0.2) is 11.6 Å². The fourth-order valence-corrected chi connectivity index (χ4v) is 2.33. The molecule has 0 amide bonds. The maximum absolute atomic E-state index is 12.0. The first-order valence-electron chi connectivity index (χ1n) is 7.68. The Kier molecular flexibility index (Phi) is 4.81. The van der Waals surface area contributed by atoms with Crippen LogP contribution in [0, 0.1) is 21.4 Å². The molecule has 3 rings (SSSR count). The van der Waals surface area contributed by atoms with E-state index in [1.807, 2.05) is 6.07 Å². The van der Waals surface area contributed by atoms with Gasteiger partial charge in [0, 0.05) is 12.1 Å². The highest BCUT2D eigenvalue weighted by atomic mass is 16.6. The van der Waals surface area contributed by atoms with Gasteiger partial charge in [-0.15, -0.1) is 0 Å². The smallest absolute Gasteiger partial charge is 0.338 e. The number of hydrogen-bond donors (Lipinski definition) is 2. The third kappa shape index (κ3) is 3.74. The van der Waals surface area contributed by atoms with E-state index in [0.717, 1.165) is 0 Å². The Hall–Kier alpha value is -4.19. The highest BCUT2D eigenvalue weighted by molar-refractivity contribution is 5.90. The van der Waals surface area contributed by atoms with Gasteiger partial charge in [0.2, 0.25) is 0 Å². The van der Waals surface area contributed by atoms with Crippen LogP contribution < -0.4 is 0 Å². The number of imidazole rings is 1. The molecule has 2 aromatic carbocycles. The molecular formula is C18H12N4O5. The number of non-ortho nitro benzene ring substituents is 1. The van der Waals surface area contributed by atoms with Crippen LogP contribution >= 0.6 is 0 Å². The minimum atomic E-state index is -0.793. The number of hydrogen-bond acceptors (Lipinski definition) is 7. The van der Waals surface area contributed by atoms with Crippen molar-refractivity contribution < 1.29 is 19.6 Å². The third-order valence-electron chi connectivity index (χ3n) is 3.68. The molecule has 9 heteroatoms. The maximum Gasteiger partial charge on any atom is 0.338 e. The second kappa shape index (κ2) is 7.37. The van der Waals surface area contributed by atoms with Gasteiger partial charge in [-0.2, -0.15) is 5.26 Å². The molecule has 27 heavy (non-hydrogen) atoms. The number of nitriles is 1. The Labute approximate surface area is 152 Å². The number of para-hydroxylation sites is 2. The maximum atomic E-state index is 12.0. The molecule has 1 aromatic heterocycles. The van der Waals surface area contributed by atoms with Crippen molar-refractivity contribution in [2.75, 3.05) is 6.61 Å². The van der Waals surface area contributed by atoms with Crippen LogP contribution in [0.15, 0.2) is 54.3 Å². The first kappa shape index (κ1) is 17.6. The zero-order valence-corrected chi connectivity index (χ0v) is 13.7. The van der Waals surface area contributed by atoms with Gasteiger partial charge in [-0.05, 0) is 24.3 Å². The molecule has 0 spiro atoms. The Bertz CT molecular complexity index is 1060. The number of H-pyrrole nitrogens is 1. The number of esters is 1. The van der Waals surface area contributed by atoms with Crippen LogP contribution in [-0.2, 0) is 4.74 Å². The van der Waals surface area contributed by atoms with Crippen molar-refractivity contribution in [2.45, 2.75) is 0 Å². The minimum absolute atomic E-state index is 0.0793. The first-order valence-corrected chi connectivity index (χ1v) is 7.68. The Morgan fingerprint density at radius 1 is 1.26 bits per heavy atom. The lowest BCUT2D eigenvalue weighted by atomic mass is 10.2. The number of rotatable bonds is 5. The number of carbonyl (C=O) groups is 1. The molecule has 0 aliphatic heterocycles. The molecule has 0 saturated heterocycles. The van der Waals surface area contributed by atoms with Crippen molar-refractivity contribution in [3.05, 3.63) is 75.8 Å². The van der Waals surface area contributed by atoms with Crippen LogP contribution in [0.25, 0.3) is 16.6 Å². The van der Waals surface area contributed by atoms with Crippen molar-refractivity contribution >= 4 is 28.3 Å². The van der Waals surface area contributed by atoms with Crippen LogP contribution in [0.4, 0.5) is 5.69 Å². The van der Waals surface area contributed by atoms with Gasteiger partial charge < -0.3 is 14.8 Å². The fraction of sp³-hybridized carbons (Fsp3) is 0.0556. The second-order valence-electron chi connectivity index (χ2n) is 5.42. The zero-order valence-electron chi connectivity index (χ0n) is 13.7. The van der Waals surface area contributed by atoms with E-state index < -0.39 is 23.3 Å². The number of aromatic nitrogens is 2. The summed E-state index contributed by atoms with van der Waals surface area (Å²) in [5.41, 5.74) is 1.08. The number of allylic oxidation sites excluding steroid dienone is 1. The predicted octanol–water partition coefficient (Wildman–Crippen LogP) is 3.12. The molecule has 3 aromatic rings. The van der Waals surface area contributed by atoms with Gasteiger partial charge in [-0.1, -0.05) is 12.1 Å². The van der Waals surface area contributed by atoms with Gasteiger partial charge in [-0.25, -0.2) is 9.78 Å². The topological polar surface area (TPSA) is 142 Å². The largest absolute Gasteiger partial charge is 0.507 e. The number of benzene rings is 2. The van der Waals surface area contributed by atoms with Gasteiger partial charge in [0.25, 0.3) is 5.69 Å². The summed E-state index contributed by atoms with van der Waals surface area (Å²) in [6.45, 7) is -0.546. The van der Waals surface area contributed by atoms with Gasteiger partial charge in [-0.3, -0.25) is 10.1 Å². The highest BCUT2D eigenvalue weighted by Gasteiger charge is 2.16. The molecule has 1 heterocycles. The molecule has 0 unspecified atom stereocenters. The van der Waals surface area contributed by atoms with E-state index in [-0.39, 0.29) is 22.6 Å². The van der Waals surface area contributed by atoms with Crippen molar-refractivity contribution in [3.63, 3.8) is 0 Å². The quantitative estimate of drug-likeness (QED) is 0.233. The predicted molar refractivity (Wildman–Crippen MR) is 94.6 cm³/mol. The molecular weight excluding hydrogens is 352 g/mol. The molecule has 0 atom stereocenters. The number of nitro groups is 1. The van der Waals surface area contributed by atoms with Crippen molar-refractivity contribution in [3.8, 4) is 6.07 Å². The van der Waals surface area contributed by atoms with Crippen LogP contribution in [0.2, 0.25) is 0 Å². The molecule has 0 saturated carbocycles. The van der Waals surface area contributed by atoms with E-state index in [1.54, 1.807) is 24.3 Å². The highest BCUT2D eigenvalue weighted by Crippen LogP contribution is 2.19. The number of aromatic amines is 1. The Balaban J connectivity index is 1.75. The lowest BCUT2D eigenvalue weighted by molar-refractivity contribution is -0.384. The second-order valence-corrected chi connectivity index (χ2v) is 5.42. The number of aliphatic hydroxyl groups excluding tert-OH is 1. The summed E-state index contributed by atoms with van der Waals surface area (Å²) in [4.78, 5) is 29.1. The van der Waals surface area contributed by atoms with Crippen molar-refractivity contribution in [2.24, 2.45) is 0 Å². The number of nitrogens with one attached hydrogen (secondary N) is 1. The van der Waals surface area contributed by atoms with E-state index in [4.69, 9.17) is 4.74 Å². The van der Waals surface area contributed by atoms with E-state index in [0.29, 0.717) is 11.0 Å². The lowest BCUT2D eigenvalue weighted by Crippen LogP contribution is -2.09. The Morgan fingerprint density at radius 2 is 1.96 bits per heavy atom. The number of nitro benzene ring substituents is 1. The van der Waals surface area contributed by atoms with Crippen molar-refractivity contribution in [1.82, 2.24) is 9.97 Å². The molecule has 134 valence electrons. The monoisotopic (exact) mass is 364 g/mol. The summed E-state index contributed by atoms with van der Waals surface area (Å²) >= 11 is 0. The number of aliphatic hydroxyl groups is 1. The molecule has 0 radical (unpaired) electrons. The van der Waals surface area contributed by atoms with E-state index in [1.165, 1.54) is 24.3 Å². The summed E-state index contributed by atoms with van der Waals surface area (Å²) < 4.78 is 4.96. The average molecular weight is 364 g/mol. The number of ether oxygens (including phenoxy) is 1. The molecule has 0 aliphatic rings. The summed E-state index contributed by atoms with van der Waals surface area (Å²) in [7, 11) is 0. The fourth-order valence-electron chi connectivity index (χ4n) is 2.33.